The van der Waals surface area contributed by atoms with Crippen LogP contribution in [0.25, 0.3) is 0 Å². The van der Waals surface area contributed by atoms with Crippen molar-refractivity contribution in [3.05, 3.63) is 0 Å². The van der Waals surface area contributed by atoms with E-state index in [9.17, 15) is 24.3 Å². The highest BCUT2D eigenvalue weighted by Crippen LogP contribution is 2.28. The number of aliphatic hydroxyl groups excluding tert-OH is 1. The van der Waals surface area contributed by atoms with Gasteiger partial charge in [0.2, 0.25) is 0 Å². The van der Waals surface area contributed by atoms with Crippen molar-refractivity contribution in [3.8, 4) is 0 Å². The molecule has 0 aromatic rings. The second-order valence-corrected chi connectivity index (χ2v) is 5.09. The third kappa shape index (κ3) is 5.78. The van der Waals surface area contributed by atoms with Crippen molar-refractivity contribution in [1.29, 1.82) is 0 Å². The van der Waals surface area contributed by atoms with Crippen molar-refractivity contribution in [2.75, 3.05) is 6.61 Å². The lowest BCUT2D eigenvalue weighted by Crippen LogP contribution is -2.62. The predicted molar refractivity (Wildman–Crippen MR) is 74.2 cm³/mol. The number of aliphatic hydroxyl groups is 1. The summed E-state index contributed by atoms with van der Waals surface area (Å²) in [5.41, 5.74) is 0. The van der Waals surface area contributed by atoms with Crippen LogP contribution in [0.4, 0.5) is 0 Å². The van der Waals surface area contributed by atoms with Gasteiger partial charge in [-0.3, -0.25) is 19.2 Å². The molecular formula is C14H20O10. The highest BCUT2D eigenvalue weighted by atomic mass is 16.7. The highest BCUT2D eigenvalue weighted by Gasteiger charge is 2.51. The molecule has 1 N–H and O–H groups in total. The molecule has 0 amide bonds. The SMILES string of the molecule is CC(=O)OCC1O[C@H](O)C(OC(C)=O)C(OC(C)=O)C1OC(C)=O. The van der Waals surface area contributed by atoms with Gasteiger partial charge >= 0.3 is 23.9 Å². The Labute approximate surface area is 137 Å². The van der Waals surface area contributed by atoms with Gasteiger partial charge in [0.15, 0.2) is 24.6 Å². The van der Waals surface area contributed by atoms with E-state index in [4.69, 9.17) is 23.7 Å². The molecule has 1 fully saturated rings. The van der Waals surface area contributed by atoms with E-state index < -0.39 is 54.6 Å². The smallest absolute Gasteiger partial charge is 0.303 e. The number of hydrogen-bond donors (Lipinski definition) is 1. The Hall–Kier alpha value is -2.20. The molecule has 0 radical (unpaired) electrons. The molecule has 1 aliphatic heterocycles. The first-order valence-corrected chi connectivity index (χ1v) is 7.10. The minimum absolute atomic E-state index is 0.366. The number of rotatable bonds is 5. The summed E-state index contributed by atoms with van der Waals surface area (Å²) in [4.78, 5) is 44.9. The molecule has 1 rings (SSSR count). The van der Waals surface area contributed by atoms with Crippen LogP contribution in [0.3, 0.4) is 0 Å². The Balaban J connectivity index is 3.11. The molecule has 1 saturated heterocycles. The first kappa shape index (κ1) is 19.8. The zero-order valence-electron chi connectivity index (χ0n) is 13.7. The Morgan fingerprint density at radius 1 is 0.792 bits per heavy atom. The summed E-state index contributed by atoms with van der Waals surface area (Å²) in [5, 5.41) is 10.0. The van der Waals surface area contributed by atoms with Crippen molar-refractivity contribution in [1.82, 2.24) is 0 Å². The Bertz CT molecular complexity index is 502. The second kappa shape index (κ2) is 8.60. The summed E-state index contributed by atoms with van der Waals surface area (Å²) in [6.45, 7) is 4.09. The van der Waals surface area contributed by atoms with Gasteiger partial charge in [-0.05, 0) is 0 Å². The molecule has 0 bridgehead atoms. The molecule has 1 heterocycles. The van der Waals surface area contributed by atoms with Crippen molar-refractivity contribution in [2.24, 2.45) is 0 Å². The Morgan fingerprint density at radius 2 is 1.25 bits per heavy atom. The molecule has 0 aromatic heterocycles. The molecule has 10 nitrogen and oxygen atoms in total. The van der Waals surface area contributed by atoms with Crippen LogP contribution in [-0.4, -0.2) is 66.3 Å². The van der Waals surface area contributed by atoms with Crippen molar-refractivity contribution < 1.29 is 48.0 Å². The quantitative estimate of drug-likeness (QED) is 0.490. The topological polar surface area (TPSA) is 135 Å². The fourth-order valence-electron chi connectivity index (χ4n) is 2.21. The van der Waals surface area contributed by atoms with Gasteiger partial charge in [0.05, 0.1) is 0 Å². The largest absolute Gasteiger partial charge is 0.463 e. The molecular weight excluding hydrogens is 328 g/mol. The summed E-state index contributed by atoms with van der Waals surface area (Å²) in [5.74, 6) is -2.87. The maximum atomic E-state index is 11.3. The molecule has 0 spiro atoms. The summed E-state index contributed by atoms with van der Waals surface area (Å²) in [7, 11) is 0. The number of esters is 4. The van der Waals surface area contributed by atoms with Gasteiger partial charge in [-0.25, -0.2) is 0 Å². The number of ether oxygens (including phenoxy) is 5. The molecule has 10 heteroatoms. The molecule has 0 aliphatic carbocycles. The van der Waals surface area contributed by atoms with E-state index in [1.807, 2.05) is 0 Å². The minimum Gasteiger partial charge on any atom is -0.463 e. The van der Waals surface area contributed by atoms with Crippen LogP contribution in [0.2, 0.25) is 0 Å². The van der Waals surface area contributed by atoms with Gasteiger partial charge in [-0.1, -0.05) is 0 Å². The van der Waals surface area contributed by atoms with Gasteiger partial charge in [-0.2, -0.15) is 0 Å². The Kier molecular flexibility index (Phi) is 7.11. The fraction of sp³-hybridized carbons (Fsp3) is 0.714. The Morgan fingerprint density at radius 3 is 1.71 bits per heavy atom. The third-order valence-electron chi connectivity index (χ3n) is 2.97. The van der Waals surface area contributed by atoms with E-state index in [1.165, 1.54) is 0 Å². The summed E-state index contributed by atoms with van der Waals surface area (Å²) in [6, 6.07) is 0. The van der Waals surface area contributed by atoms with Crippen molar-refractivity contribution >= 4 is 23.9 Å². The average molecular weight is 348 g/mol. The maximum Gasteiger partial charge on any atom is 0.303 e. The van der Waals surface area contributed by atoms with E-state index >= 15 is 0 Å². The van der Waals surface area contributed by atoms with Crippen LogP contribution < -0.4 is 0 Å². The first-order chi connectivity index (χ1) is 11.1. The molecule has 136 valence electrons. The van der Waals surface area contributed by atoms with Crippen LogP contribution in [0.15, 0.2) is 0 Å². The monoisotopic (exact) mass is 348 g/mol. The van der Waals surface area contributed by atoms with Gasteiger partial charge in [-0.15, -0.1) is 0 Å². The predicted octanol–water partition coefficient (Wildman–Crippen LogP) is -0.938. The lowest BCUT2D eigenvalue weighted by Gasteiger charge is -2.42. The number of carbonyl (C=O) groups excluding carboxylic acids is 4. The second-order valence-electron chi connectivity index (χ2n) is 5.09. The van der Waals surface area contributed by atoms with Crippen LogP contribution in [0.1, 0.15) is 27.7 Å². The standard InChI is InChI=1S/C14H20O10/c1-6(15)20-5-10-11(21-7(2)16)12(22-8(3)17)13(14(19)24-10)23-9(4)18/h10-14,19H,5H2,1-4H3/t10?,11?,12?,13?,14-/m0/s1. The third-order valence-corrected chi connectivity index (χ3v) is 2.97. The molecule has 4 unspecified atom stereocenters. The molecule has 5 atom stereocenters. The molecule has 0 saturated carbocycles. The first-order valence-electron chi connectivity index (χ1n) is 7.10. The fourth-order valence-corrected chi connectivity index (χ4v) is 2.21. The normalized spacial score (nSPS) is 29.3. The van der Waals surface area contributed by atoms with E-state index in [0.29, 0.717) is 0 Å². The average Bonchev–Trinajstić information content (AvgIpc) is 2.42. The van der Waals surface area contributed by atoms with Gasteiger partial charge < -0.3 is 28.8 Å². The van der Waals surface area contributed by atoms with Crippen LogP contribution in [0, 0.1) is 0 Å². The maximum absolute atomic E-state index is 11.3. The summed E-state index contributed by atoms with van der Waals surface area (Å²) < 4.78 is 25.0. The molecule has 1 aliphatic rings. The van der Waals surface area contributed by atoms with E-state index in [2.05, 4.69) is 0 Å². The number of carbonyl (C=O) groups is 4. The molecule has 24 heavy (non-hydrogen) atoms. The van der Waals surface area contributed by atoms with Gasteiger partial charge in [0.25, 0.3) is 0 Å². The lowest BCUT2D eigenvalue weighted by molar-refractivity contribution is -0.296. The lowest BCUT2D eigenvalue weighted by atomic mass is 9.98. The van der Waals surface area contributed by atoms with E-state index in [-0.39, 0.29) is 6.61 Å². The summed E-state index contributed by atoms with van der Waals surface area (Å²) >= 11 is 0. The zero-order chi connectivity index (χ0) is 18.4. The van der Waals surface area contributed by atoms with Gasteiger partial charge in [0.1, 0.15) is 12.7 Å². The number of hydrogen-bond acceptors (Lipinski definition) is 10. The molecule has 0 aromatic carbocycles. The minimum atomic E-state index is -1.68. The van der Waals surface area contributed by atoms with Crippen LogP contribution >= 0.6 is 0 Å². The summed E-state index contributed by atoms with van der Waals surface area (Å²) in [6.07, 6.45) is -6.79. The van der Waals surface area contributed by atoms with Crippen LogP contribution in [-0.2, 0) is 42.9 Å². The van der Waals surface area contributed by atoms with Crippen molar-refractivity contribution in [2.45, 2.75) is 58.4 Å². The van der Waals surface area contributed by atoms with E-state index in [0.717, 1.165) is 27.7 Å². The zero-order valence-corrected chi connectivity index (χ0v) is 13.7. The van der Waals surface area contributed by atoms with Gasteiger partial charge in [0, 0.05) is 27.7 Å². The highest BCUT2D eigenvalue weighted by molar-refractivity contribution is 5.68. The van der Waals surface area contributed by atoms with Crippen molar-refractivity contribution in [3.63, 3.8) is 0 Å². The van der Waals surface area contributed by atoms with E-state index in [1.54, 1.807) is 0 Å². The van der Waals surface area contributed by atoms with Crippen LogP contribution in [0.5, 0.6) is 0 Å².